The van der Waals surface area contributed by atoms with Crippen LogP contribution in [-0.2, 0) is 10.0 Å². The van der Waals surface area contributed by atoms with Gasteiger partial charge in [-0.1, -0.05) is 0 Å². The first-order chi connectivity index (χ1) is 11.4. The number of aromatic nitrogens is 2. The standard InChI is InChI=1S/C15H16N4O4S/c1-18(2)15-16-14(23-17-15)11-8-19(9-11)24(20,21)12-3-4-13-10(7-12)5-6-22-13/h3-7,11H,8-9H2,1-2H3. The van der Waals surface area contributed by atoms with Gasteiger partial charge < -0.3 is 13.8 Å². The van der Waals surface area contributed by atoms with Gasteiger partial charge in [0.2, 0.25) is 15.9 Å². The maximum absolute atomic E-state index is 12.7. The summed E-state index contributed by atoms with van der Waals surface area (Å²) in [6, 6.07) is 6.60. The molecule has 0 amide bonds. The van der Waals surface area contributed by atoms with Crippen LogP contribution in [0.1, 0.15) is 11.8 Å². The molecule has 0 unspecified atom stereocenters. The summed E-state index contributed by atoms with van der Waals surface area (Å²) in [6.45, 7) is 0.668. The van der Waals surface area contributed by atoms with Crippen molar-refractivity contribution in [3.63, 3.8) is 0 Å². The molecule has 1 aliphatic rings. The molecule has 0 atom stereocenters. The predicted octanol–water partition coefficient (Wildman–Crippen LogP) is 1.67. The summed E-state index contributed by atoms with van der Waals surface area (Å²) in [5, 5.41) is 4.62. The smallest absolute Gasteiger partial charge is 0.265 e. The van der Waals surface area contributed by atoms with Crippen LogP contribution < -0.4 is 4.90 Å². The van der Waals surface area contributed by atoms with Crippen molar-refractivity contribution in [2.24, 2.45) is 0 Å². The molecular weight excluding hydrogens is 332 g/mol. The topological polar surface area (TPSA) is 92.7 Å². The van der Waals surface area contributed by atoms with Gasteiger partial charge in [-0.15, -0.1) is 0 Å². The van der Waals surface area contributed by atoms with Crippen molar-refractivity contribution in [3.8, 4) is 0 Å². The van der Waals surface area contributed by atoms with Gasteiger partial charge in [0, 0.05) is 32.6 Å². The van der Waals surface area contributed by atoms with Gasteiger partial charge in [0.1, 0.15) is 5.58 Å². The third-order valence-electron chi connectivity index (χ3n) is 4.09. The maximum Gasteiger partial charge on any atom is 0.265 e. The highest BCUT2D eigenvalue weighted by Gasteiger charge is 2.40. The minimum atomic E-state index is -3.53. The number of sulfonamides is 1. The van der Waals surface area contributed by atoms with E-state index in [2.05, 4.69) is 10.1 Å². The van der Waals surface area contributed by atoms with Gasteiger partial charge in [0.05, 0.1) is 17.1 Å². The van der Waals surface area contributed by atoms with Crippen molar-refractivity contribution in [1.29, 1.82) is 0 Å². The summed E-state index contributed by atoms with van der Waals surface area (Å²) in [5.41, 5.74) is 0.664. The molecule has 3 heterocycles. The van der Waals surface area contributed by atoms with Crippen LogP contribution in [0.15, 0.2) is 44.4 Å². The van der Waals surface area contributed by atoms with Gasteiger partial charge in [0.15, 0.2) is 0 Å². The Morgan fingerprint density at radius 2 is 2.04 bits per heavy atom. The SMILES string of the molecule is CN(C)c1noc(C2CN(S(=O)(=O)c3ccc4occc4c3)C2)n1. The number of anilines is 1. The van der Waals surface area contributed by atoms with E-state index in [9.17, 15) is 8.42 Å². The van der Waals surface area contributed by atoms with Crippen molar-refractivity contribution >= 4 is 26.9 Å². The van der Waals surface area contributed by atoms with E-state index in [1.807, 2.05) is 14.1 Å². The molecule has 1 aliphatic heterocycles. The van der Waals surface area contributed by atoms with Crippen LogP contribution in [-0.4, -0.2) is 50.0 Å². The third-order valence-corrected chi connectivity index (χ3v) is 5.92. The minimum absolute atomic E-state index is 0.0707. The van der Waals surface area contributed by atoms with Crippen LogP contribution in [0.4, 0.5) is 5.95 Å². The highest BCUT2D eigenvalue weighted by atomic mass is 32.2. The van der Waals surface area contributed by atoms with E-state index >= 15 is 0 Å². The van der Waals surface area contributed by atoms with E-state index in [-0.39, 0.29) is 10.8 Å². The second-order valence-corrected chi connectivity index (χ2v) is 7.90. The number of nitrogens with zero attached hydrogens (tertiary/aromatic N) is 4. The zero-order valence-corrected chi connectivity index (χ0v) is 14.0. The average molecular weight is 348 g/mol. The second kappa shape index (κ2) is 5.32. The van der Waals surface area contributed by atoms with Gasteiger partial charge in [-0.3, -0.25) is 0 Å². The first-order valence-corrected chi connectivity index (χ1v) is 8.87. The summed E-state index contributed by atoms with van der Waals surface area (Å²) in [4.78, 5) is 6.26. The Hall–Kier alpha value is -2.39. The van der Waals surface area contributed by atoms with Gasteiger partial charge in [-0.25, -0.2) is 8.42 Å². The summed E-state index contributed by atoms with van der Waals surface area (Å²) in [5.74, 6) is 0.880. The van der Waals surface area contributed by atoms with E-state index in [1.165, 1.54) is 4.31 Å². The molecule has 9 heteroatoms. The van der Waals surface area contributed by atoms with Crippen LogP contribution >= 0.6 is 0 Å². The number of fused-ring (bicyclic) bond motifs is 1. The molecule has 1 fully saturated rings. The fourth-order valence-electron chi connectivity index (χ4n) is 2.62. The van der Waals surface area contributed by atoms with Gasteiger partial charge >= 0.3 is 0 Å². The molecule has 24 heavy (non-hydrogen) atoms. The lowest BCUT2D eigenvalue weighted by atomic mass is 10.0. The molecule has 0 bridgehead atoms. The number of hydrogen-bond acceptors (Lipinski definition) is 7. The molecule has 1 aromatic carbocycles. The van der Waals surface area contributed by atoms with Crippen LogP contribution in [0.5, 0.6) is 0 Å². The summed E-state index contributed by atoms with van der Waals surface area (Å²) < 4.78 is 37.2. The minimum Gasteiger partial charge on any atom is -0.464 e. The van der Waals surface area contributed by atoms with Crippen LogP contribution in [0.2, 0.25) is 0 Å². The summed E-state index contributed by atoms with van der Waals surface area (Å²) in [7, 11) is 0.105. The highest BCUT2D eigenvalue weighted by Crippen LogP contribution is 2.32. The molecule has 0 radical (unpaired) electrons. The lowest BCUT2D eigenvalue weighted by Crippen LogP contribution is -2.48. The average Bonchev–Trinajstić information content (AvgIpc) is 3.13. The molecule has 0 spiro atoms. The Bertz CT molecular complexity index is 986. The van der Waals surface area contributed by atoms with E-state index in [0.29, 0.717) is 30.5 Å². The lowest BCUT2D eigenvalue weighted by molar-refractivity contribution is 0.217. The molecule has 4 rings (SSSR count). The molecule has 0 aliphatic carbocycles. The number of benzene rings is 1. The Morgan fingerprint density at radius 3 is 2.75 bits per heavy atom. The van der Waals surface area contributed by atoms with Crippen LogP contribution in [0.3, 0.4) is 0 Å². The quantitative estimate of drug-likeness (QED) is 0.708. The number of rotatable bonds is 4. The zero-order chi connectivity index (χ0) is 16.9. The fourth-order valence-corrected chi connectivity index (χ4v) is 4.19. The molecular formula is C15H16N4O4S. The van der Waals surface area contributed by atoms with E-state index in [4.69, 9.17) is 8.94 Å². The molecule has 1 saturated heterocycles. The largest absolute Gasteiger partial charge is 0.464 e. The van der Waals surface area contributed by atoms with Crippen molar-refractivity contribution in [2.45, 2.75) is 10.8 Å². The van der Waals surface area contributed by atoms with Crippen molar-refractivity contribution < 1.29 is 17.4 Å². The molecule has 2 aromatic heterocycles. The van der Waals surface area contributed by atoms with E-state index < -0.39 is 10.0 Å². The van der Waals surface area contributed by atoms with Crippen molar-refractivity contribution in [1.82, 2.24) is 14.4 Å². The Kier molecular flexibility index (Phi) is 3.36. The maximum atomic E-state index is 12.7. The molecule has 0 saturated carbocycles. The van der Waals surface area contributed by atoms with Gasteiger partial charge in [-0.05, 0) is 29.4 Å². The first-order valence-electron chi connectivity index (χ1n) is 7.43. The predicted molar refractivity (Wildman–Crippen MR) is 86.3 cm³/mol. The van der Waals surface area contributed by atoms with Crippen molar-refractivity contribution in [2.75, 3.05) is 32.1 Å². The highest BCUT2D eigenvalue weighted by molar-refractivity contribution is 7.89. The first kappa shape index (κ1) is 15.2. The normalized spacial score (nSPS) is 16.4. The number of hydrogen-bond donors (Lipinski definition) is 0. The van der Waals surface area contributed by atoms with Crippen molar-refractivity contribution in [3.05, 3.63) is 36.4 Å². The molecule has 8 nitrogen and oxygen atoms in total. The van der Waals surface area contributed by atoms with E-state index in [0.717, 1.165) is 5.39 Å². The summed E-state index contributed by atoms with van der Waals surface area (Å²) in [6.07, 6.45) is 1.54. The molecule has 0 N–H and O–H groups in total. The third kappa shape index (κ3) is 2.36. The molecule has 126 valence electrons. The second-order valence-electron chi connectivity index (χ2n) is 5.97. The van der Waals surface area contributed by atoms with Gasteiger partial charge in [0.25, 0.3) is 5.95 Å². The summed E-state index contributed by atoms with van der Waals surface area (Å²) >= 11 is 0. The van der Waals surface area contributed by atoms with E-state index in [1.54, 1.807) is 35.4 Å². The Balaban J connectivity index is 1.52. The van der Waals surface area contributed by atoms with Crippen LogP contribution in [0.25, 0.3) is 11.0 Å². The van der Waals surface area contributed by atoms with Crippen LogP contribution in [0, 0.1) is 0 Å². The molecule has 3 aromatic rings. The Labute approximate surface area is 138 Å². The monoisotopic (exact) mass is 348 g/mol. The zero-order valence-electron chi connectivity index (χ0n) is 13.2. The Morgan fingerprint density at radius 1 is 1.25 bits per heavy atom. The number of furan rings is 1. The fraction of sp³-hybridized carbons (Fsp3) is 0.333. The lowest BCUT2D eigenvalue weighted by Gasteiger charge is -2.35. The van der Waals surface area contributed by atoms with Gasteiger partial charge in [-0.2, -0.15) is 9.29 Å².